The summed E-state index contributed by atoms with van der Waals surface area (Å²) in [6, 6.07) is 8.37. The Bertz CT molecular complexity index is 831. The summed E-state index contributed by atoms with van der Waals surface area (Å²) in [5.74, 6) is 0.273. The summed E-state index contributed by atoms with van der Waals surface area (Å²) in [6.07, 6.45) is 0. The number of halogens is 1. The van der Waals surface area contributed by atoms with Crippen molar-refractivity contribution < 1.29 is 22.0 Å². The maximum absolute atomic E-state index is 13.1. The topological polar surface area (TPSA) is 82.9 Å². The third kappa shape index (κ3) is 4.80. The molecule has 0 aliphatic carbocycles. The molecule has 2 aromatic rings. The molecule has 0 fully saturated rings. The van der Waals surface area contributed by atoms with Crippen LogP contribution in [0.4, 0.5) is 10.1 Å². The van der Waals surface area contributed by atoms with Crippen molar-refractivity contribution in [3.8, 4) is 0 Å². The van der Waals surface area contributed by atoms with E-state index in [-0.39, 0.29) is 12.2 Å². The summed E-state index contributed by atoms with van der Waals surface area (Å²) in [5, 5.41) is 2.60. The quantitative estimate of drug-likeness (QED) is 0.805. The van der Waals surface area contributed by atoms with Crippen LogP contribution in [0.15, 0.2) is 40.8 Å². The number of hydrogen-bond donors (Lipinski definition) is 1. The molecule has 1 aromatic heterocycles. The molecule has 0 aliphatic heterocycles. The molecular weight excluding hydrogens is 349 g/mol. The maximum atomic E-state index is 13.1. The highest BCUT2D eigenvalue weighted by Gasteiger charge is 2.27. The molecular formula is C16H20FN3O4S. The Balaban J connectivity index is 2.15. The number of hydrogen-bond acceptors (Lipinski definition) is 4. The van der Waals surface area contributed by atoms with E-state index < -0.39 is 28.5 Å². The molecule has 0 atom stereocenters. The standard InChI is InChI=1S/C16H20FN3O4S/c1-12-4-9-15(24-12)10-18-16(21)11-20(25(22,23)19(2)3)14-7-5-13(17)6-8-14/h4-9H,10-11H2,1-3H3,(H,18,21). The van der Waals surface area contributed by atoms with E-state index in [2.05, 4.69) is 5.32 Å². The largest absolute Gasteiger partial charge is 0.465 e. The van der Waals surface area contributed by atoms with Gasteiger partial charge < -0.3 is 9.73 Å². The first-order valence-electron chi connectivity index (χ1n) is 7.48. The summed E-state index contributed by atoms with van der Waals surface area (Å²) in [5.41, 5.74) is 0.194. The van der Waals surface area contributed by atoms with Crippen LogP contribution in [0.1, 0.15) is 11.5 Å². The van der Waals surface area contributed by atoms with Crippen LogP contribution < -0.4 is 9.62 Å². The molecule has 1 amide bonds. The van der Waals surface area contributed by atoms with Crippen molar-refractivity contribution in [2.75, 3.05) is 24.9 Å². The second kappa shape index (κ2) is 7.66. The molecule has 1 heterocycles. The number of furan rings is 1. The average molecular weight is 369 g/mol. The molecule has 7 nitrogen and oxygen atoms in total. The highest BCUT2D eigenvalue weighted by atomic mass is 32.2. The van der Waals surface area contributed by atoms with Gasteiger partial charge in [-0.1, -0.05) is 0 Å². The van der Waals surface area contributed by atoms with Gasteiger partial charge in [0.1, 0.15) is 23.9 Å². The summed E-state index contributed by atoms with van der Waals surface area (Å²) >= 11 is 0. The Hall–Kier alpha value is -2.39. The maximum Gasteiger partial charge on any atom is 0.304 e. The van der Waals surface area contributed by atoms with E-state index >= 15 is 0 Å². The lowest BCUT2D eigenvalue weighted by atomic mass is 10.3. The fourth-order valence-corrected chi connectivity index (χ4v) is 3.13. The van der Waals surface area contributed by atoms with Crippen LogP contribution >= 0.6 is 0 Å². The Morgan fingerprint density at radius 2 is 1.80 bits per heavy atom. The first kappa shape index (κ1) is 18.9. The molecule has 0 radical (unpaired) electrons. The van der Waals surface area contributed by atoms with E-state index in [1.54, 1.807) is 19.1 Å². The van der Waals surface area contributed by atoms with Gasteiger partial charge in [-0.05, 0) is 43.3 Å². The van der Waals surface area contributed by atoms with Crippen LogP contribution in [0.2, 0.25) is 0 Å². The minimum absolute atomic E-state index is 0.145. The number of anilines is 1. The second-order valence-corrected chi connectivity index (χ2v) is 7.63. The average Bonchev–Trinajstić information content (AvgIpc) is 2.97. The summed E-state index contributed by atoms with van der Waals surface area (Å²) in [6.45, 7) is 1.49. The van der Waals surface area contributed by atoms with Gasteiger partial charge in [-0.3, -0.25) is 4.79 Å². The number of benzene rings is 1. The third-order valence-electron chi connectivity index (χ3n) is 3.40. The predicted octanol–water partition coefficient (Wildman–Crippen LogP) is 1.66. The molecule has 0 saturated carbocycles. The number of nitrogens with zero attached hydrogens (tertiary/aromatic N) is 2. The van der Waals surface area contributed by atoms with Gasteiger partial charge in [0.2, 0.25) is 5.91 Å². The SMILES string of the molecule is Cc1ccc(CNC(=O)CN(c2ccc(F)cc2)S(=O)(=O)N(C)C)o1. The smallest absolute Gasteiger partial charge is 0.304 e. The molecule has 2 rings (SSSR count). The lowest BCUT2D eigenvalue weighted by molar-refractivity contribution is -0.119. The van der Waals surface area contributed by atoms with Crippen molar-refractivity contribution in [3.05, 3.63) is 53.7 Å². The van der Waals surface area contributed by atoms with Crippen LogP contribution in [-0.4, -0.2) is 39.3 Å². The minimum Gasteiger partial charge on any atom is -0.465 e. The number of carbonyl (C=O) groups is 1. The number of nitrogens with one attached hydrogen (secondary N) is 1. The van der Waals surface area contributed by atoms with Gasteiger partial charge in [0, 0.05) is 14.1 Å². The fraction of sp³-hybridized carbons (Fsp3) is 0.312. The van der Waals surface area contributed by atoms with Crippen LogP contribution in [0.25, 0.3) is 0 Å². The summed E-state index contributed by atoms with van der Waals surface area (Å²) in [7, 11) is -1.21. The Morgan fingerprint density at radius 3 is 2.32 bits per heavy atom. The van der Waals surface area contributed by atoms with Gasteiger partial charge in [0.05, 0.1) is 12.2 Å². The molecule has 9 heteroatoms. The second-order valence-electron chi connectivity index (χ2n) is 5.56. The van der Waals surface area contributed by atoms with E-state index in [1.165, 1.54) is 26.2 Å². The van der Waals surface area contributed by atoms with Crippen LogP contribution in [-0.2, 0) is 21.5 Å². The van der Waals surface area contributed by atoms with Crippen molar-refractivity contribution in [1.82, 2.24) is 9.62 Å². The van der Waals surface area contributed by atoms with E-state index in [0.717, 1.165) is 20.7 Å². The van der Waals surface area contributed by atoms with Gasteiger partial charge in [-0.25, -0.2) is 8.70 Å². The lowest BCUT2D eigenvalue weighted by Gasteiger charge is -2.26. The summed E-state index contributed by atoms with van der Waals surface area (Å²) < 4.78 is 45.3. The number of rotatable bonds is 7. The Morgan fingerprint density at radius 1 is 1.16 bits per heavy atom. The molecule has 136 valence electrons. The molecule has 1 aromatic carbocycles. The number of amides is 1. The van der Waals surface area contributed by atoms with Crippen molar-refractivity contribution in [3.63, 3.8) is 0 Å². The summed E-state index contributed by atoms with van der Waals surface area (Å²) in [4.78, 5) is 12.2. The van der Waals surface area contributed by atoms with Gasteiger partial charge in [-0.15, -0.1) is 0 Å². The van der Waals surface area contributed by atoms with E-state index in [4.69, 9.17) is 4.42 Å². The zero-order valence-electron chi connectivity index (χ0n) is 14.2. The number of aryl methyl sites for hydroxylation is 1. The zero-order valence-corrected chi connectivity index (χ0v) is 15.0. The van der Waals surface area contributed by atoms with Crippen LogP contribution in [0.5, 0.6) is 0 Å². The van der Waals surface area contributed by atoms with Crippen LogP contribution in [0, 0.1) is 12.7 Å². The monoisotopic (exact) mass is 369 g/mol. The zero-order chi connectivity index (χ0) is 18.6. The van der Waals surface area contributed by atoms with Gasteiger partial charge in [0.25, 0.3) is 0 Å². The molecule has 0 aliphatic rings. The molecule has 0 spiro atoms. The van der Waals surface area contributed by atoms with Crippen LogP contribution in [0.3, 0.4) is 0 Å². The third-order valence-corrected chi connectivity index (χ3v) is 5.22. The van der Waals surface area contributed by atoms with Gasteiger partial charge >= 0.3 is 10.2 Å². The molecule has 0 bridgehead atoms. The van der Waals surface area contributed by atoms with Crippen molar-refractivity contribution in [2.45, 2.75) is 13.5 Å². The lowest BCUT2D eigenvalue weighted by Crippen LogP contribution is -2.45. The molecule has 1 N–H and O–H groups in total. The normalized spacial score (nSPS) is 11.6. The Labute approximate surface area is 146 Å². The fourth-order valence-electron chi connectivity index (χ4n) is 2.06. The van der Waals surface area contributed by atoms with E-state index in [1.807, 2.05) is 0 Å². The Kier molecular flexibility index (Phi) is 5.81. The number of carbonyl (C=O) groups excluding carboxylic acids is 1. The molecule has 0 unspecified atom stereocenters. The molecule has 0 saturated heterocycles. The highest BCUT2D eigenvalue weighted by Crippen LogP contribution is 2.19. The van der Waals surface area contributed by atoms with Gasteiger partial charge in [0.15, 0.2) is 0 Å². The first-order valence-corrected chi connectivity index (χ1v) is 8.87. The predicted molar refractivity (Wildman–Crippen MR) is 91.6 cm³/mol. The highest BCUT2D eigenvalue weighted by molar-refractivity contribution is 7.90. The van der Waals surface area contributed by atoms with E-state index in [9.17, 15) is 17.6 Å². The minimum atomic E-state index is -3.92. The van der Waals surface area contributed by atoms with Crippen molar-refractivity contribution >= 4 is 21.8 Å². The van der Waals surface area contributed by atoms with E-state index in [0.29, 0.717) is 11.5 Å². The van der Waals surface area contributed by atoms with Crippen molar-refractivity contribution in [2.24, 2.45) is 0 Å². The first-order chi connectivity index (χ1) is 11.7. The molecule has 25 heavy (non-hydrogen) atoms. The van der Waals surface area contributed by atoms with Crippen molar-refractivity contribution in [1.29, 1.82) is 0 Å². The van der Waals surface area contributed by atoms with Gasteiger partial charge in [-0.2, -0.15) is 12.7 Å².